The number of hydrogen-bond acceptors (Lipinski definition) is 4. The summed E-state index contributed by atoms with van der Waals surface area (Å²) in [5, 5.41) is 0. The summed E-state index contributed by atoms with van der Waals surface area (Å²) >= 11 is 0. The molecule has 3 heterocycles. The fourth-order valence-electron chi connectivity index (χ4n) is 2.52. The van der Waals surface area contributed by atoms with Crippen molar-refractivity contribution in [2.45, 2.75) is 0 Å². The number of pyridine rings is 1. The number of imidazole rings is 1. The van der Waals surface area contributed by atoms with Gasteiger partial charge in [-0.1, -0.05) is 0 Å². The van der Waals surface area contributed by atoms with E-state index in [-0.39, 0.29) is 5.75 Å². The number of rotatable bonds is 1. The maximum Gasteiger partial charge on any atom is 0.197 e. The molecule has 0 atom stereocenters. The van der Waals surface area contributed by atoms with Crippen molar-refractivity contribution in [3.63, 3.8) is 0 Å². The summed E-state index contributed by atoms with van der Waals surface area (Å²) in [4.78, 5) is 8.60. The molecule has 0 radical (unpaired) electrons. The molecular weight excluding hydrogens is 273 g/mol. The van der Waals surface area contributed by atoms with E-state index in [0.29, 0.717) is 36.0 Å². The summed E-state index contributed by atoms with van der Waals surface area (Å²) in [5.41, 5.74) is 1.81. The summed E-state index contributed by atoms with van der Waals surface area (Å²) in [6.45, 7) is 0.777. The van der Waals surface area contributed by atoms with Gasteiger partial charge in [0.05, 0.1) is 11.1 Å². The van der Waals surface area contributed by atoms with Crippen LogP contribution in [0, 0.1) is 5.82 Å². The monoisotopic (exact) mass is 285 g/mol. The average molecular weight is 285 g/mol. The Kier molecular flexibility index (Phi) is 2.57. The van der Waals surface area contributed by atoms with E-state index in [2.05, 4.69) is 9.97 Å². The van der Waals surface area contributed by atoms with Crippen LogP contribution in [-0.2, 0) is 7.05 Å². The molecule has 0 fully saturated rings. The van der Waals surface area contributed by atoms with E-state index >= 15 is 0 Å². The van der Waals surface area contributed by atoms with Gasteiger partial charge in [-0.15, -0.1) is 0 Å². The quantitative estimate of drug-likeness (QED) is 0.689. The number of aromatic nitrogens is 3. The Bertz CT molecular complexity index is 844. The first-order valence-electron chi connectivity index (χ1n) is 6.61. The van der Waals surface area contributed by atoms with E-state index in [1.807, 2.05) is 23.7 Å². The van der Waals surface area contributed by atoms with Gasteiger partial charge in [0.1, 0.15) is 19.0 Å². The van der Waals surface area contributed by atoms with Crippen molar-refractivity contribution in [2.24, 2.45) is 7.05 Å². The largest absolute Gasteiger partial charge is 0.486 e. The number of aryl methyl sites for hydroxylation is 1. The predicted octanol–water partition coefficient (Wildman–Crippen LogP) is 2.55. The van der Waals surface area contributed by atoms with Crippen LogP contribution in [0.15, 0.2) is 30.5 Å². The third kappa shape index (κ3) is 1.75. The molecule has 6 heteroatoms. The number of benzene rings is 1. The molecule has 0 unspecified atom stereocenters. The lowest BCUT2D eigenvalue weighted by atomic mass is 10.1. The van der Waals surface area contributed by atoms with E-state index in [1.165, 1.54) is 0 Å². The number of halogens is 1. The minimum atomic E-state index is -0.453. The maximum absolute atomic E-state index is 14.7. The van der Waals surface area contributed by atoms with Crippen molar-refractivity contribution in [3.8, 4) is 22.9 Å². The van der Waals surface area contributed by atoms with Crippen molar-refractivity contribution in [2.75, 3.05) is 13.2 Å². The van der Waals surface area contributed by atoms with Crippen LogP contribution in [-0.4, -0.2) is 27.7 Å². The van der Waals surface area contributed by atoms with Gasteiger partial charge < -0.3 is 14.0 Å². The first-order valence-corrected chi connectivity index (χ1v) is 6.61. The highest BCUT2D eigenvalue weighted by Gasteiger charge is 2.23. The highest BCUT2D eigenvalue weighted by atomic mass is 19.1. The Labute approximate surface area is 120 Å². The van der Waals surface area contributed by atoms with Gasteiger partial charge in [-0.25, -0.2) is 14.4 Å². The smallest absolute Gasteiger partial charge is 0.197 e. The SMILES string of the molecule is Cn1c(-c2ccc3c(c2F)OCCO3)nc2ncccc21. The van der Waals surface area contributed by atoms with Gasteiger partial charge in [0, 0.05) is 13.2 Å². The fourth-order valence-corrected chi connectivity index (χ4v) is 2.52. The Hall–Kier alpha value is -2.63. The fraction of sp³-hybridized carbons (Fsp3) is 0.200. The number of hydrogen-bond donors (Lipinski definition) is 0. The van der Waals surface area contributed by atoms with Gasteiger partial charge >= 0.3 is 0 Å². The molecule has 1 aliphatic heterocycles. The van der Waals surface area contributed by atoms with Gasteiger partial charge in [-0.2, -0.15) is 0 Å². The molecule has 0 spiro atoms. The van der Waals surface area contributed by atoms with E-state index in [9.17, 15) is 4.39 Å². The molecular formula is C15H12FN3O2. The molecule has 106 valence electrons. The van der Waals surface area contributed by atoms with E-state index < -0.39 is 5.82 Å². The van der Waals surface area contributed by atoms with Crippen LogP contribution < -0.4 is 9.47 Å². The van der Waals surface area contributed by atoms with Crippen LogP contribution >= 0.6 is 0 Å². The zero-order valence-electron chi connectivity index (χ0n) is 11.3. The molecule has 3 aromatic rings. The van der Waals surface area contributed by atoms with Crippen molar-refractivity contribution < 1.29 is 13.9 Å². The summed E-state index contributed by atoms with van der Waals surface area (Å²) in [6.07, 6.45) is 1.67. The molecule has 0 saturated carbocycles. The van der Waals surface area contributed by atoms with Gasteiger partial charge in [-0.05, 0) is 24.3 Å². The third-order valence-electron chi connectivity index (χ3n) is 3.55. The van der Waals surface area contributed by atoms with Crippen LogP contribution in [0.1, 0.15) is 0 Å². The van der Waals surface area contributed by atoms with Gasteiger partial charge in [0.25, 0.3) is 0 Å². The lowest BCUT2D eigenvalue weighted by Gasteiger charge is -2.19. The molecule has 1 aliphatic rings. The van der Waals surface area contributed by atoms with Gasteiger partial charge in [0.2, 0.25) is 0 Å². The lowest BCUT2D eigenvalue weighted by Crippen LogP contribution is -2.16. The molecule has 0 amide bonds. The van der Waals surface area contributed by atoms with Crippen molar-refractivity contribution >= 4 is 11.2 Å². The zero-order chi connectivity index (χ0) is 14.4. The van der Waals surface area contributed by atoms with E-state index in [4.69, 9.17) is 9.47 Å². The van der Waals surface area contributed by atoms with Crippen LogP contribution in [0.3, 0.4) is 0 Å². The topological polar surface area (TPSA) is 49.2 Å². The molecule has 1 aromatic carbocycles. The highest BCUT2D eigenvalue weighted by molar-refractivity contribution is 5.77. The van der Waals surface area contributed by atoms with Gasteiger partial charge in [-0.3, -0.25) is 0 Å². The number of nitrogens with zero attached hydrogens (tertiary/aromatic N) is 3. The maximum atomic E-state index is 14.7. The first-order chi connectivity index (χ1) is 10.3. The van der Waals surface area contributed by atoms with E-state index in [0.717, 1.165) is 5.52 Å². The van der Waals surface area contributed by atoms with Crippen LogP contribution in [0.25, 0.3) is 22.6 Å². The van der Waals surface area contributed by atoms with Crippen molar-refractivity contribution in [1.82, 2.24) is 14.5 Å². The van der Waals surface area contributed by atoms with Gasteiger partial charge in [0.15, 0.2) is 23.0 Å². The van der Waals surface area contributed by atoms with Crippen LogP contribution in [0.5, 0.6) is 11.5 Å². The van der Waals surface area contributed by atoms with Crippen molar-refractivity contribution in [1.29, 1.82) is 0 Å². The second-order valence-corrected chi connectivity index (χ2v) is 4.79. The van der Waals surface area contributed by atoms with Crippen LogP contribution in [0.2, 0.25) is 0 Å². The Morgan fingerprint density at radius 2 is 2.05 bits per heavy atom. The summed E-state index contributed by atoms with van der Waals surface area (Å²) in [5.74, 6) is 0.641. The minimum absolute atomic E-state index is 0.152. The Balaban J connectivity index is 1.94. The van der Waals surface area contributed by atoms with E-state index in [1.54, 1.807) is 18.3 Å². The molecule has 0 aliphatic carbocycles. The predicted molar refractivity (Wildman–Crippen MR) is 74.9 cm³/mol. The molecule has 5 nitrogen and oxygen atoms in total. The molecule has 21 heavy (non-hydrogen) atoms. The van der Waals surface area contributed by atoms with Crippen LogP contribution in [0.4, 0.5) is 4.39 Å². The third-order valence-corrected chi connectivity index (χ3v) is 3.55. The second-order valence-electron chi connectivity index (χ2n) is 4.79. The second kappa shape index (κ2) is 4.44. The molecule has 2 aromatic heterocycles. The zero-order valence-corrected chi connectivity index (χ0v) is 11.3. The molecule has 0 N–H and O–H groups in total. The Morgan fingerprint density at radius 1 is 1.19 bits per heavy atom. The highest BCUT2D eigenvalue weighted by Crippen LogP contribution is 2.38. The van der Waals surface area contributed by atoms with Crippen molar-refractivity contribution in [3.05, 3.63) is 36.3 Å². The molecule has 0 saturated heterocycles. The normalized spacial score (nSPS) is 13.6. The number of fused-ring (bicyclic) bond motifs is 2. The summed E-state index contributed by atoms with van der Waals surface area (Å²) < 4.78 is 27.2. The minimum Gasteiger partial charge on any atom is -0.486 e. The molecule has 4 rings (SSSR count). The summed E-state index contributed by atoms with van der Waals surface area (Å²) in [7, 11) is 1.84. The Morgan fingerprint density at radius 3 is 2.90 bits per heavy atom. The summed E-state index contributed by atoms with van der Waals surface area (Å²) in [6, 6.07) is 7.09. The molecule has 0 bridgehead atoms. The standard InChI is InChI=1S/C15H12FN3O2/c1-19-10-3-2-6-17-14(10)18-15(19)9-4-5-11-13(12(9)16)21-8-7-20-11/h2-6H,7-8H2,1H3. The number of ether oxygens (including phenoxy) is 2. The average Bonchev–Trinajstić information content (AvgIpc) is 2.85. The first kappa shape index (κ1) is 12.1. The lowest BCUT2D eigenvalue weighted by molar-refractivity contribution is 0.164.